The molecule has 0 aliphatic rings. The van der Waals surface area contributed by atoms with Crippen molar-refractivity contribution in [1.29, 1.82) is 5.26 Å². The van der Waals surface area contributed by atoms with Crippen molar-refractivity contribution in [2.24, 2.45) is 0 Å². The third-order valence-electron chi connectivity index (χ3n) is 3.16. The number of methoxy groups -OCH3 is 1. The van der Waals surface area contributed by atoms with Crippen LogP contribution in [0, 0.1) is 11.3 Å². The van der Waals surface area contributed by atoms with Crippen molar-refractivity contribution in [3.63, 3.8) is 0 Å². The fourth-order valence-electron chi connectivity index (χ4n) is 1.96. The van der Waals surface area contributed by atoms with Crippen LogP contribution in [0.4, 0.5) is 0 Å². The molecule has 1 atom stereocenters. The first-order valence-corrected chi connectivity index (χ1v) is 6.48. The summed E-state index contributed by atoms with van der Waals surface area (Å²) in [6.45, 7) is 2.51. The summed E-state index contributed by atoms with van der Waals surface area (Å²) in [4.78, 5) is 0. The minimum Gasteiger partial charge on any atom is -0.495 e. The van der Waals surface area contributed by atoms with Crippen molar-refractivity contribution >= 4 is 0 Å². The van der Waals surface area contributed by atoms with Gasteiger partial charge < -0.3 is 9.47 Å². The Morgan fingerprint density at radius 1 is 1.15 bits per heavy atom. The number of nitrogens with zero attached hydrogens (tertiary/aromatic N) is 1. The Kier molecular flexibility index (Phi) is 4.75. The number of benzene rings is 2. The van der Waals surface area contributed by atoms with E-state index in [-0.39, 0.29) is 6.10 Å². The van der Waals surface area contributed by atoms with Crippen LogP contribution in [0.2, 0.25) is 0 Å². The number of ether oxygens (including phenoxy) is 2. The number of hydrogen-bond acceptors (Lipinski definition) is 3. The molecule has 2 aromatic carbocycles. The maximum Gasteiger partial charge on any atom is 0.136 e. The highest BCUT2D eigenvalue weighted by molar-refractivity contribution is 5.45. The van der Waals surface area contributed by atoms with Gasteiger partial charge in [0.05, 0.1) is 25.4 Å². The lowest BCUT2D eigenvalue weighted by Crippen LogP contribution is -2.01. The zero-order valence-electron chi connectivity index (χ0n) is 11.7. The molecule has 20 heavy (non-hydrogen) atoms. The van der Waals surface area contributed by atoms with Crippen molar-refractivity contribution in [2.45, 2.75) is 19.6 Å². The van der Waals surface area contributed by atoms with E-state index in [1.807, 2.05) is 49.4 Å². The molecule has 0 spiro atoms. The zero-order valence-corrected chi connectivity index (χ0v) is 11.7. The van der Waals surface area contributed by atoms with Crippen LogP contribution in [-0.2, 0) is 11.3 Å². The lowest BCUT2D eigenvalue weighted by atomic mass is 10.1. The number of nitriles is 1. The fraction of sp³-hybridized carbons (Fsp3) is 0.235. The van der Waals surface area contributed by atoms with Crippen molar-refractivity contribution in [3.05, 3.63) is 65.2 Å². The van der Waals surface area contributed by atoms with E-state index >= 15 is 0 Å². The second-order valence-electron chi connectivity index (χ2n) is 4.51. The van der Waals surface area contributed by atoms with Crippen LogP contribution in [0.3, 0.4) is 0 Å². The van der Waals surface area contributed by atoms with Crippen LogP contribution in [0.15, 0.2) is 48.5 Å². The van der Waals surface area contributed by atoms with Gasteiger partial charge in [0.2, 0.25) is 0 Å². The van der Waals surface area contributed by atoms with Crippen LogP contribution in [0.25, 0.3) is 0 Å². The third kappa shape index (κ3) is 3.37. The molecule has 0 aliphatic heterocycles. The van der Waals surface area contributed by atoms with Gasteiger partial charge in [-0.25, -0.2) is 0 Å². The second kappa shape index (κ2) is 6.74. The molecule has 0 N–H and O–H groups in total. The van der Waals surface area contributed by atoms with Crippen LogP contribution >= 0.6 is 0 Å². The Balaban J connectivity index is 2.03. The van der Waals surface area contributed by atoms with E-state index < -0.39 is 0 Å². The predicted molar refractivity (Wildman–Crippen MR) is 77.4 cm³/mol. The van der Waals surface area contributed by atoms with E-state index in [1.54, 1.807) is 13.2 Å². The lowest BCUT2D eigenvalue weighted by Gasteiger charge is -2.14. The fourth-order valence-corrected chi connectivity index (χ4v) is 1.96. The van der Waals surface area contributed by atoms with Gasteiger partial charge in [0.1, 0.15) is 11.8 Å². The molecule has 0 aliphatic carbocycles. The van der Waals surface area contributed by atoms with Gasteiger partial charge in [0.25, 0.3) is 0 Å². The number of hydrogen-bond donors (Lipinski definition) is 0. The average Bonchev–Trinajstić information content (AvgIpc) is 2.53. The Labute approximate surface area is 119 Å². The van der Waals surface area contributed by atoms with Gasteiger partial charge >= 0.3 is 0 Å². The summed E-state index contributed by atoms with van der Waals surface area (Å²) in [6.07, 6.45) is 0.0258. The molecule has 0 heterocycles. The molecule has 0 radical (unpaired) electrons. The zero-order chi connectivity index (χ0) is 14.4. The molecular weight excluding hydrogens is 250 g/mol. The summed E-state index contributed by atoms with van der Waals surface area (Å²) in [5.74, 6) is 0.584. The van der Waals surface area contributed by atoms with E-state index in [2.05, 4.69) is 6.07 Å². The summed E-state index contributed by atoms with van der Waals surface area (Å²) in [5.41, 5.74) is 2.67. The van der Waals surface area contributed by atoms with Gasteiger partial charge in [0.15, 0.2) is 0 Å². The Morgan fingerprint density at radius 2 is 1.90 bits per heavy atom. The van der Waals surface area contributed by atoms with Crippen LogP contribution in [0.5, 0.6) is 5.75 Å². The van der Waals surface area contributed by atoms with Crippen molar-refractivity contribution in [3.8, 4) is 11.8 Å². The minimum absolute atomic E-state index is 0.0258. The van der Waals surface area contributed by atoms with E-state index in [0.29, 0.717) is 17.9 Å². The van der Waals surface area contributed by atoms with E-state index in [1.165, 1.54) is 0 Å². The summed E-state index contributed by atoms with van der Waals surface area (Å²) in [7, 11) is 1.56. The molecule has 0 aromatic heterocycles. The van der Waals surface area contributed by atoms with Crippen LogP contribution in [0.1, 0.15) is 29.7 Å². The van der Waals surface area contributed by atoms with Crippen molar-refractivity contribution in [2.75, 3.05) is 7.11 Å². The summed E-state index contributed by atoms with van der Waals surface area (Å²) in [5, 5.41) is 8.95. The monoisotopic (exact) mass is 267 g/mol. The Hall–Kier alpha value is -2.31. The quantitative estimate of drug-likeness (QED) is 0.826. The highest BCUT2D eigenvalue weighted by Gasteiger charge is 2.07. The van der Waals surface area contributed by atoms with Gasteiger partial charge in [-0.2, -0.15) is 5.26 Å². The van der Waals surface area contributed by atoms with E-state index in [9.17, 15) is 0 Å². The molecular formula is C17H17NO2. The second-order valence-corrected chi connectivity index (χ2v) is 4.51. The van der Waals surface area contributed by atoms with Gasteiger partial charge in [-0.1, -0.05) is 36.4 Å². The first kappa shape index (κ1) is 14.1. The highest BCUT2D eigenvalue weighted by atomic mass is 16.5. The largest absolute Gasteiger partial charge is 0.495 e. The maximum atomic E-state index is 8.95. The number of rotatable bonds is 5. The van der Waals surface area contributed by atoms with Gasteiger partial charge in [-0.3, -0.25) is 0 Å². The van der Waals surface area contributed by atoms with E-state index in [0.717, 1.165) is 11.1 Å². The SMILES string of the molecule is COc1cc(COC(C)c2ccccc2)ccc1C#N. The van der Waals surface area contributed by atoms with Crippen LogP contribution in [-0.4, -0.2) is 7.11 Å². The molecule has 3 heteroatoms. The standard InChI is InChI=1S/C17H17NO2/c1-13(15-6-4-3-5-7-15)20-12-14-8-9-16(11-18)17(10-14)19-2/h3-10,13H,12H2,1-2H3. The topological polar surface area (TPSA) is 42.2 Å². The molecule has 0 amide bonds. The lowest BCUT2D eigenvalue weighted by molar-refractivity contribution is 0.0524. The van der Waals surface area contributed by atoms with Crippen molar-refractivity contribution in [1.82, 2.24) is 0 Å². The van der Waals surface area contributed by atoms with Crippen molar-refractivity contribution < 1.29 is 9.47 Å². The Bertz CT molecular complexity index is 602. The minimum atomic E-state index is 0.0258. The Morgan fingerprint density at radius 3 is 2.55 bits per heavy atom. The predicted octanol–water partition coefficient (Wildman–Crippen LogP) is 3.84. The third-order valence-corrected chi connectivity index (χ3v) is 3.16. The molecule has 0 saturated carbocycles. The first-order valence-electron chi connectivity index (χ1n) is 6.48. The average molecular weight is 267 g/mol. The summed E-state index contributed by atoms with van der Waals surface area (Å²) < 4.78 is 11.0. The summed E-state index contributed by atoms with van der Waals surface area (Å²) >= 11 is 0. The van der Waals surface area contributed by atoms with E-state index in [4.69, 9.17) is 14.7 Å². The smallest absolute Gasteiger partial charge is 0.136 e. The summed E-state index contributed by atoms with van der Waals surface area (Å²) in [6, 6.07) is 17.7. The van der Waals surface area contributed by atoms with Gasteiger partial charge in [-0.15, -0.1) is 0 Å². The molecule has 2 rings (SSSR count). The maximum absolute atomic E-state index is 8.95. The molecule has 1 unspecified atom stereocenters. The molecule has 0 saturated heterocycles. The molecule has 102 valence electrons. The molecule has 0 fully saturated rings. The van der Waals surface area contributed by atoms with Gasteiger partial charge in [-0.05, 0) is 30.2 Å². The van der Waals surface area contributed by atoms with Crippen LogP contribution < -0.4 is 4.74 Å². The first-order chi connectivity index (χ1) is 9.74. The highest BCUT2D eigenvalue weighted by Crippen LogP contribution is 2.22. The van der Waals surface area contributed by atoms with Gasteiger partial charge in [0, 0.05) is 0 Å². The molecule has 3 nitrogen and oxygen atoms in total. The normalized spacial score (nSPS) is 11.7. The molecule has 0 bridgehead atoms. The molecule has 2 aromatic rings.